The van der Waals surface area contributed by atoms with Crippen LogP contribution in [0.15, 0.2) is 36.4 Å². The van der Waals surface area contributed by atoms with Crippen molar-refractivity contribution < 1.29 is 19.2 Å². The second-order valence-electron chi connectivity index (χ2n) is 4.37. The van der Waals surface area contributed by atoms with E-state index in [1.165, 1.54) is 18.2 Å². The lowest BCUT2D eigenvalue weighted by molar-refractivity contribution is -0.385. The van der Waals surface area contributed by atoms with Gasteiger partial charge in [-0.05, 0) is 42.8 Å². The third-order valence-corrected chi connectivity index (χ3v) is 2.86. The highest BCUT2D eigenvalue weighted by Gasteiger charge is 2.21. The molecule has 0 heterocycles. The Morgan fingerprint density at radius 2 is 2.00 bits per heavy atom. The molecule has 0 bridgehead atoms. The first kappa shape index (κ1) is 14.4. The van der Waals surface area contributed by atoms with Crippen LogP contribution in [0.1, 0.15) is 15.9 Å². The summed E-state index contributed by atoms with van der Waals surface area (Å²) < 4.78 is 13.0. The summed E-state index contributed by atoms with van der Waals surface area (Å²) in [6.07, 6.45) is 0. The fraction of sp³-hybridized carbons (Fsp3) is 0.0714. The molecule has 21 heavy (non-hydrogen) atoms. The Bertz CT molecular complexity index is 731. The van der Waals surface area contributed by atoms with Gasteiger partial charge in [0, 0.05) is 5.69 Å². The van der Waals surface area contributed by atoms with Crippen molar-refractivity contribution in [3.05, 3.63) is 63.5 Å². The summed E-state index contributed by atoms with van der Waals surface area (Å²) in [5.41, 5.74) is 0.141. The number of aromatic hydroxyl groups is 1. The van der Waals surface area contributed by atoms with Crippen LogP contribution < -0.4 is 5.32 Å². The van der Waals surface area contributed by atoms with E-state index in [0.717, 1.165) is 12.1 Å². The first-order valence-corrected chi connectivity index (χ1v) is 5.93. The van der Waals surface area contributed by atoms with Gasteiger partial charge in [0.05, 0.1) is 11.0 Å². The Morgan fingerprint density at radius 1 is 1.29 bits per heavy atom. The van der Waals surface area contributed by atoms with E-state index in [2.05, 4.69) is 5.32 Å². The van der Waals surface area contributed by atoms with E-state index in [0.29, 0.717) is 17.3 Å². The molecule has 0 saturated carbocycles. The molecule has 0 aromatic heterocycles. The highest BCUT2D eigenvalue weighted by Crippen LogP contribution is 2.24. The van der Waals surface area contributed by atoms with E-state index in [-0.39, 0.29) is 11.3 Å². The average Bonchev–Trinajstić information content (AvgIpc) is 2.41. The van der Waals surface area contributed by atoms with Crippen LogP contribution in [0.25, 0.3) is 0 Å². The van der Waals surface area contributed by atoms with Gasteiger partial charge in [-0.2, -0.15) is 0 Å². The third-order valence-electron chi connectivity index (χ3n) is 2.86. The van der Waals surface area contributed by atoms with Crippen molar-refractivity contribution in [1.29, 1.82) is 0 Å². The minimum Gasteiger partial charge on any atom is -0.508 e. The number of carbonyl (C=O) groups is 1. The van der Waals surface area contributed by atoms with Crippen molar-refractivity contribution in [3.8, 4) is 5.75 Å². The molecule has 0 aliphatic carbocycles. The zero-order valence-corrected chi connectivity index (χ0v) is 11.0. The molecule has 6 nitrogen and oxygen atoms in total. The number of hydrogen-bond acceptors (Lipinski definition) is 4. The number of amides is 1. The SMILES string of the molecule is Cc1cc(O)ccc1NC(=O)c1ccc(F)cc1[N+](=O)[O-]. The van der Waals surface area contributed by atoms with Gasteiger partial charge in [0.1, 0.15) is 17.1 Å². The lowest BCUT2D eigenvalue weighted by atomic mass is 10.1. The van der Waals surface area contributed by atoms with E-state index >= 15 is 0 Å². The number of carbonyl (C=O) groups excluding carboxylic acids is 1. The standard InChI is InChI=1S/C14H11FN2O4/c1-8-6-10(18)3-5-12(8)16-14(19)11-4-2-9(15)7-13(11)17(20)21/h2-7,18H,1H3,(H,16,19). The van der Waals surface area contributed by atoms with Crippen LogP contribution in [0.5, 0.6) is 5.75 Å². The number of hydrogen-bond donors (Lipinski definition) is 2. The number of halogens is 1. The van der Waals surface area contributed by atoms with E-state index in [9.17, 15) is 24.4 Å². The van der Waals surface area contributed by atoms with Crippen LogP contribution in [0, 0.1) is 22.9 Å². The third kappa shape index (κ3) is 3.14. The smallest absolute Gasteiger partial charge is 0.285 e. The van der Waals surface area contributed by atoms with Crippen LogP contribution in [0.4, 0.5) is 15.8 Å². The fourth-order valence-electron chi connectivity index (χ4n) is 1.83. The van der Waals surface area contributed by atoms with E-state index in [4.69, 9.17) is 0 Å². The highest BCUT2D eigenvalue weighted by molar-refractivity contribution is 6.07. The Morgan fingerprint density at radius 3 is 2.62 bits per heavy atom. The van der Waals surface area contributed by atoms with Gasteiger partial charge >= 0.3 is 0 Å². The van der Waals surface area contributed by atoms with Crippen molar-refractivity contribution in [2.75, 3.05) is 5.32 Å². The zero-order valence-electron chi connectivity index (χ0n) is 11.0. The quantitative estimate of drug-likeness (QED) is 0.516. The summed E-state index contributed by atoms with van der Waals surface area (Å²) in [6.45, 7) is 1.66. The van der Waals surface area contributed by atoms with Gasteiger partial charge in [-0.25, -0.2) is 4.39 Å². The number of nitro groups is 1. The van der Waals surface area contributed by atoms with Crippen molar-refractivity contribution in [2.45, 2.75) is 6.92 Å². The van der Waals surface area contributed by atoms with E-state index in [1.54, 1.807) is 6.92 Å². The molecule has 108 valence electrons. The molecular formula is C14H11FN2O4. The van der Waals surface area contributed by atoms with Gasteiger partial charge in [-0.1, -0.05) is 0 Å². The average molecular weight is 290 g/mol. The second-order valence-corrected chi connectivity index (χ2v) is 4.37. The lowest BCUT2D eigenvalue weighted by Crippen LogP contribution is -2.14. The summed E-state index contributed by atoms with van der Waals surface area (Å²) in [7, 11) is 0. The van der Waals surface area contributed by atoms with Gasteiger partial charge in [0.25, 0.3) is 11.6 Å². The molecule has 2 aromatic rings. The molecule has 0 aliphatic rings. The zero-order chi connectivity index (χ0) is 15.6. The van der Waals surface area contributed by atoms with E-state index in [1.807, 2.05) is 0 Å². The van der Waals surface area contributed by atoms with Gasteiger partial charge < -0.3 is 10.4 Å². The number of anilines is 1. The van der Waals surface area contributed by atoms with Crippen molar-refractivity contribution in [3.63, 3.8) is 0 Å². The Kier molecular flexibility index (Phi) is 3.84. The molecule has 0 atom stereocenters. The topological polar surface area (TPSA) is 92.5 Å². The monoisotopic (exact) mass is 290 g/mol. The van der Waals surface area contributed by atoms with Crippen LogP contribution in [0.2, 0.25) is 0 Å². The molecule has 0 unspecified atom stereocenters. The summed E-state index contributed by atoms with van der Waals surface area (Å²) >= 11 is 0. The first-order chi connectivity index (χ1) is 9.88. The Balaban J connectivity index is 2.34. The van der Waals surface area contributed by atoms with Crippen LogP contribution >= 0.6 is 0 Å². The van der Waals surface area contributed by atoms with Crippen LogP contribution in [0.3, 0.4) is 0 Å². The number of phenols is 1. The fourth-order valence-corrected chi connectivity index (χ4v) is 1.83. The van der Waals surface area contributed by atoms with Crippen molar-refractivity contribution in [1.82, 2.24) is 0 Å². The molecule has 2 N–H and O–H groups in total. The minimum atomic E-state index is -0.818. The molecule has 1 amide bonds. The highest BCUT2D eigenvalue weighted by atomic mass is 19.1. The number of phenolic OH excluding ortho intramolecular Hbond substituents is 1. The van der Waals surface area contributed by atoms with Gasteiger partial charge in [0.2, 0.25) is 0 Å². The molecule has 0 fully saturated rings. The summed E-state index contributed by atoms with van der Waals surface area (Å²) in [5.74, 6) is -1.48. The number of nitrogens with zero attached hydrogens (tertiary/aromatic N) is 1. The molecule has 0 aliphatic heterocycles. The van der Waals surface area contributed by atoms with Gasteiger partial charge in [-0.15, -0.1) is 0 Å². The lowest BCUT2D eigenvalue weighted by Gasteiger charge is -2.09. The van der Waals surface area contributed by atoms with E-state index < -0.39 is 22.3 Å². The normalized spacial score (nSPS) is 10.2. The van der Waals surface area contributed by atoms with Crippen LogP contribution in [-0.2, 0) is 0 Å². The molecular weight excluding hydrogens is 279 g/mol. The van der Waals surface area contributed by atoms with Crippen LogP contribution in [-0.4, -0.2) is 15.9 Å². The molecule has 2 aromatic carbocycles. The molecule has 2 rings (SSSR count). The number of nitrogens with one attached hydrogen (secondary N) is 1. The maximum Gasteiger partial charge on any atom is 0.285 e. The molecule has 0 radical (unpaired) electrons. The molecule has 7 heteroatoms. The van der Waals surface area contributed by atoms with Gasteiger partial charge in [-0.3, -0.25) is 14.9 Å². The number of nitro benzene ring substituents is 1. The van der Waals surface area contributed by atoms with Crippen molar-refractivity contribution >= 4 is 17.3 Å². The maximum absolute atomic E-state index is 13.0. The number of benzene rings is 2. The Labute approximate surface area is 119 Å². The largest absolute Gasteiger partial charge is 0.508 e. The summed E-state index contributed by atoms with van der Waals surface area (Å²) in [4.78, 5) is 22.1. The molecule has 0 spiro atoms. The number of aryl methyl sites for hydroxylation is 1. The minimum absolute atomic E-state index is 0.0401. The number of rotatable bonds is 3. The summed E-state index contributed by atoms with van der Waals surface area (Å²) in [6, 6.07) is 7.01. The van der Waals surface area contributed by atoms with Gasteiger partial charge in [0.15, 0.2) is 0 Å². The predicted octanol–water partition coefficient (Wildman–Crippen LogP) is 3.00. The predicted molar refractivity (Wildman–Crippen MR) is 73.9 cm³/mol. The first-order valence-electron chi connectivity index (χ1n) is 5.93. The Hall–Kier alpha value is -2.96. The van der Waals surface area contributed by atoms with Crippen molar-refractivity contribution in [2.24, 2.45) is 0 Å². The maximum atomic E-state index is 13.0. The summed E-state index contributed by atoms with van der Waals surface area (Å²) in [5, 5.41) is 22.7. The second kappa shape index (κ2) is 5.58. The molecule has 0 saturated heterocycles.